The molecule has 17 heavy (non-hydrogen) atoms. The van der Waals surface area contributed by atoms with Crippen molar-refractivity contribution in [3.05, 3.63) is 23.2 Å². The average molecular weight is 274 g/mol. The molecule has 1 saturated carbocycles. The summed E-state index contributed by atoms with van der Waals surface area (Å²) in [6.45, 7) is 0. The van der Waals surface area contributed by atoms with Crippen molar-refractivity contribution in [1.82, 2.24) is 0 Å². The van der Waals surface area contributed by atoms with Crippen molar-refractivity contribution in [2.24, 2.45) is 0 Å². The zero-order chi connectivity index (χ0) is 12.5. The summed E-state index contributed by atoms with van der Waals surface area (Å²) in [5.41, 5.74) is 0.724. The summed E-state index contributed by atoms with van der Waals surface area (Å²) in [5.74, 6) is 0. The molecule has 0 atom stereocenters. The molecule has 0 heterocycles. The Kier molecular flexibility index (Phi) is 3.64. The molecular weight excluding hydrogens is 258 g/mol. The summed E-state index contributed by atoms with van der Waals surface area (Å²) >= 11 is 6.07. The second-order valence-corrected chi connectivity index (χ2v) is 6.96. The minimum atomic E-state index is -3.17. The van der Waals surface area contributed by atoms with Crippen molar-refractivity contribution in [2.75, 3.05) is 11.6 Å². The van der Waals surface area contributed by atoms with Crippen LogP contribution in [0.2, 0.25) is 5.02 Å². The van der Waals surface area contributed by atoms with Gasteiger partial charge >= 0.3 is 0 Å². The van der Waals surface area contributed by atoms with Gasteiger partial charge in [0.25, 0.3) is 0 Å². The van der Waals surface area contributed by atoms with Crippen LogP contribution in [0.4, 0.5) is 5.69 Å². The molecular formula is C12H16ClNO2S. The summed E-state index contributed by atoms with van der Waals surface area (Å²) in [6.07, 6.45) is 5.90. The van der Waals surface area contributed by atoms with E-state index < -0.39 is 9.84 Å². The molecule has 0 bridgehead atoms. The third-order valence-electron chi connectivity index (χ3n) is 3.08. The number of hydrogen-bond donors (Lipinski definition) is 1. The normalized spacial score (nSPS) is 17.3. The molecule has 1 fully saturated rings. The zero-order valence-electron chi connectivity index (χ0n) is 9.74. The van der Waals surface area contributed by atoms with Gasteiger partial charge in [0.15, 0.2) is 9.84 Å². The van der Waals surface area contributed by atoms with Gasteiger partial charge in [0.2, 0.25) is 0 Å². The Labute approximate surface area is 107 Å². The molecule has 0 spiro atoms. The van der Waals surface area contributed by atoms with Gasteiger partial charge in [-0.2, -0.15) is 0 Å². The van der Waals surface area contributed by atoms with E-state index in [-0.39, 0.29) is 0 Å². The molecule has 0 aliphatic heterocycles. The number of anilines is 1. The first-order valence-electron chi connectivity index (χ1n) is 5.73. The second-order valence-electron chi connectivity index (χ2n) is 4.54. The molecule has 1 aliphatic carbocycles. The summed E-state index contributed by atoms with van der Waals surface area (Å²) in [5, 5.41) is 3.90. The van der Waals surface area contributed by atoms with E-state index in [0.717, 1.165) is 18.5 Å². The van der Waals surface area contributed by atoms with E-state index in [2.05, 4.69) is 5.32 Å². The van der Waals surface area contributed by atoms with Crippen molar-refractivity contribution >= 4 is 27.1 Å². The Morgan fingerprint density at radius 3 is 2.53 bits per heavy atom. The quantitative estimate of drug-likeness (QED) is 0.920. The van der Waals surface area contributed by atoms with E-state index in [1.807, 2.05) is 0 Å². The maximum atomic E-state index is 11.5. The van der Waals surface area contributed by atoms with Gasteiger partial charge in [-0.25, -0.2) is 8.42 Å². The predicted octanol–water partition coefficient (Wildman–Crippen LogP) is 3.10. The van der Waals surface area contributed by atoms with Gasteiger partial charge in [-0.1, -0.05) is 24.4 Å². The zero-order valence-corrected chi connectivity index (χ0v) is 11.3. The number of sulfone groups is 1. The highest BCUT2D eigenvalue weighted by atomic mass is 35.5. The van der Waals surface area contributed by atoms with E-state index >= 15 is 0 Å². The van der Waals surface area contributed by atoms with E-state index in [4.69, 9.17) is 11.6 Å². The molecule has 2 rings (SSSR count). The fraction of sp³-hybridized carbons (Fsp3) is 0.500. The lowest BCUT2D eigenvalue weighted by Crippen LogP contribution is -2.15. The van der Waals surface area contributed by atoms with E-state index in [9.17, 15) is 8.42 Å². The first kappa shape index (κ1) is 12.7. The van der Waals surface area contributed by atoms with Gasteiger partial charge in [0, 0.05) is 12.3 Å². The van der Waals surface area contributed by atoms with Gasteiger partial charge in [-0.05, 0) is 31.0 Å². The first-order chi connectivity index (χ1) is 7.97. The number of hydrogen-bond acceptors (Lipinski definition) is 3. The molecule has 0 aromatic heterocycles. The minimum Gasteiger partial charge on any atom is -0.381 e. The topological polar surface area (TPSA) is 46.2 Å². The fourth-order valence-corrected chi connectivity index (χ4v) is 2.95. The van der Waals surface area contributed by atoms with Gasteiger partial charge in [0.1, 0.15) is 0 Å². The average Bonchev–Trinajstić information content (AvgIpc) is 2.72. The van der Waals surface area contributed by atoms with Crippen LogP contribution in [-0.2, 0) is 9.84 Å². The molecule has 1 N–H and O–H groups in total. The molecule has 0 radical (unpaired) electrons. The molecule has 0 amide bonds. The Morgan fingerprint density at radius 1 is 1.29 bits per heavy atom. The molecule has 3 nitrogen and oxygen atoms in total. The summed E-state index contributed by atoms with van der Waals surface area (Å²) in [4.78, 5) is 0.308. The van der Waals surface area contributed by atoms with Crippen molar-refractivity contribution in [2.45, 2.75) is 36.6 Å². The van der Waals surface area contributed by atoms with Crippen LogP contribution in [0.1, 0.15) is 25.7 Å². The standard InChI is InChI=1S/C12H16ClNO2S/c1-17(15,16)10-6-7-11(13)12(8-10)14-9-4-2-3-5-9/h6-9,14H,2-5H2,1H3. The molecule has 0 unspecified atom stereocenters. The maximum Gasteiger partial charge on any atom is 0.175 e. The number of nitrogens with one attached hydrogen (secondary N) is 1. The van der Waals surface area contributed by atoms with Crippen molar-refractivity contribution < 1.29 is 8.42 Å². The second kappa shape index (κ2) is 4.86. The summed E-state index contributed by atoms with van der Waals surface area (Å²) in [7, 11) is -3.17. The van der Waals surface area contributed by atoms with Crippen LogP contribution in [-0.4, -0.2) is 20.7 Å². The van der Waals surface area contributed by atoms with Crippen LogP contribution < -0.4 is 5.32 Å². The van der Waals surface area contributed by atoms with E-state index in [1.165, 1.54) is 25.2 Å². The predicted molar refractivity (Wildman–Crippen MR) is 70.4 cm³/mol. The molecule has 5 heteroatoms. The Balaban J connectivity index is 2.26. The van der Waals surface area contributed by atoms with Gasteiger partial charge in [-0.3, -0.25) is 0 Å². The van der Waals surface area contributed by atoms with E-state index in [0.29, 0.717) is 16.0 Å². The maximum absolute atomic E-state index is 11.5. The van der Waals surface area contributed by atoms with Gasteiger partial charge < -0.3 is 5.32 Å². The summed E-state index contributed by atoms with van der Waals surface area (Å²) in [6, 6.07) is 5.21. The SMILES string of the molecule is CS(=O)(=O)c1ccc(Cl)c(NC2CCCC2)c1. The van der Waals surface area contributed by atoms with Crippen LogP contribution in [0.15, 0.2) is 23.1 Å². The minimum absolute atomic E-state index is 0.308. The van der Waals surface area contributed by atoms with Crippen LogP contribution in [0.3, 0.4) is 0 Å². The highest BCUT2D eigenvalue weighted by molar-refractivity contribution is 7.90. The van der Waals surface area contributed by atoms with Crippen LogP contribution in [0, 0.1) is 0 Å². The van der Waals surface area contributed by atoms with Crippen molar-refractivity contribution in [3.8, 4) is 0 Å². The molecule has 1 aromatic carbocycles. The van der Waals surface area contributed by atoms with Crippen LogP contribution in [0.5, 0.6) is 0 Å². The van der Waals surface area contributed by atoms with Crippen molar-refractivity contribution in [3.63, 3.8) is 0 Å². The number of rotatable bonds is 3. The molecule has 94 valence electrons. The highest BCUT2D eigenvalue weighted by Crippen LogP contribution is 2.29. The number of halogens is 1. The monoisotopic (exact) mass is 273 g/mol. The molecule has 1 aliphatic rings. The first-order valence-corrected chi connectivity index (χ1v) is 8.00. The third-order valence-corrected chi connectivity index (χ3v) is 4.52. The fourth-order valence-electron chi connectivity index (χ4n) is 2.14. The lowest BCUT2D eigenvalue weighted by atomic mass is 10.2. The third kappa shape index (κ3) is 3.13. The van der Waals surface area contributed by atoms with Gasteiger partial charge in [0.05, 0.1) is 15.6 Å². The largest absolute Gasteiger partial charge is 0.381 e. The Hall–Kier alpha value is -0.740. The Morgan fingerprint density at radius 2 is 1.94 bits per heavy atom. The van der Waals surface area contributed by atoms with Crippen LogP contribution in [0.25, 0.3) is 0 Å². The lowest BCUT2D eigenvalue weighted by molar-refractivity contribution is 0.602. The summed E-state index contributed by atoms with van der Waals surface area (Å²) < 4.78 is 22.9. The molecule has 1 aromatic rings. The highest BCUT2D eigenvalue weighted by Gasteiger charge is 2.17. The van der Waals surface area contributed by atoms with Crippen LogP contribution >= 0.6 is 11.6 Å². The smallest absolute Gasteiger partial charge is 0.175 e. The van der Waals surface area contributed by atoms with E-state index in [1.54, 1.807) is 12.1 Å². The van der Waals surface area contributed by atoms with Crippen molar-refractivity contribution in [1.29, 1.82) is 0 Å². The Bertz CT molecular complexity index is 507. The number of benzene rings is 1. The molecule has 0 saturated heterocycles. The lowest BCUT2D eigenvalue weighted by Gasteiger charge is -2.15. The van der Waals surface area contributed by atoms with Gasteiger partial charge in [-0.15, -0.1) is 0 Å².